The minimum atomic E-state index is -0.382. The molecule has 1 amide bonds. The summed E-state index contributed by atoms with van der Waals surface area (Å²) < 4.78 is 5.41. The van der Waals surface area contributed by atoms with Crippen molar-refractivity contribution in [1.82, 2.24) is 5.32 Å². The topological polar surface area (TPSA) is 38.3 Å². The Morgan fingerprint density at radius 3 is 2.14 bits per heavy atom. The number of carbonyl (C=O) groups is 1. The lowest BCUT2D eigenvalue weighted by molar-refractivity contribution is 0.138. The summed E-state index contributed by atoms with van der Waals surface area (Å²) in [6, 6.07) is 18.6. The fourth-order valence-corrected chi connectivity index (χ4v) is 2.68. The second-order valence-corrected chi connectivity index (χ2v) is 5.67. The molecule has 0 atom stereocenters. The molecular weight excluding hydrogens is 274 g/mol. The van der Waals surface area contributed by atoms with Gasteiger partial charge in [0, 0.05) is 13.0 Å². The summed E-state index contributed by atoms with van der Waals surface area (Å²) in [5, 5.41) is 7.31. The Kier molecular flexibility index (Phi) is 3.96. The number of fused-ring (bicyclic) bond motifs is 2. The summed E-state index contributed by atoms with van der Waals surface area (Å²) in [5.74, 6) is 0. The molecule has 0 spiro atoms. The van der Waals surface area contributed by atoms with E-state index in [2.05, 4.69) is 35.6 Å². The molecule has 3 aromatic carbocycles. The van der Waals surface area contributed by atoms with Crippen LogP contribution in [0.1, 0.15) is 20.8 Å². The van der Waals surface area contributed by atoms with E-state index in [1.54, 1.807) is 0 Å². The van der Waals surface area contributed by atoms with Crippen molar-refractivity contribution in [2.24, 2.45) is 0 Å². The Labute approximate surface area is 131 Å². The Morgan fingerprint density at radius 1 is 1.05 bits per heavy atom. The SMILES string of the molecule is CC(C)NC(=O)OCc1c2ccccc2cc2ccccc12.[HH]. The van der Waals surface area contributed by atoms with Gasteiger partial charge in [0.25, 0.3) is 0 Å². The van der Waals surface area contributed by atoms with Gasteiger partial charge in [0.1, 0.15) is 6.61 Å². The highest BCUT2D eigenvalue weighted by molar-refractivity contribution is 6.02. The zero-order valence-electron chi connectivity index (χ0n) is 12.8. The van der Waals surface area contributed by atoms with E-state index in [9.17, 15) is 4.79 Å². The lowest BCUT2D eigenvalue weighted by Crippen LogP contribution is -2.30. The van der Waals surface area contributed by atoms with Crippen LogP contribution in [0.5, 0.6) is 0 Å². The highest BCUT2D eigenvalue weighted by Gasteiger charge is 2.10. The van der Waals surface area contributed by atoms with Crippen molar-refractivity contribution in [3.05, 3.63) is 60.2 Å². The lowest BCUT2D eigenvalue weighted by atomic mass is 9.97. The maximum absolute atomic E-state index is 11.8. The highest BCUT2D eigenvalue weighted by Crippen LogP contribution is 2.28. The third-order valence-corrected chi connectivity index (χ3v) is 3.64. The van der Waals surface area contributed by atoms with Crippen LogP contribution in [-0.2, 0) is 11.3 Å². The van der Waals surface area contributed by atoms with Crippen LogP contribution in [0.3, 0.4) is 0 Å². The van der Waals surface area contributed by atoms with Crippen molar-refractivity contribution in [2.45, 2.75) is 26.5 Å². The summed E-state index contributed by atoms with van der Waals surface area (Å²) in [7, 11) is 0. The molecule has 0 bridgehead atoms. The van der Waals surface area contributed by atoms with Gasteiger partial charge < -0.3 is 10.1 Å². The highest BCUT2D eigenvalue weighted by atomic mass is 16.5. The van der Waals surface area contributed by atoms with Gasteiger partial charge in [0.05, 0.1) is 0 Å². The normalized spacial score (nSPS) is 11.0. The molecule has 0 aliphatic rings. The molecule has 1 N–H and O–H groups in total. The van der Waals surface area contributed by atoms with Gasteiger partial charge in [-0.2, -0.15) is 0 Å². The first kappa shape index (κ1) is 14.4. The second-order valence-electron chi connectivity index (χ2n) is 5.67. The van der Waals surface area contributed by atoms with Gasteiger partial charge in [-0.15, -0.1) is 0 Å². The monoisotopic (exact) mass is 295 g/mol. The molecule has 3 nitrogen and oxygen atoms in total. The molecule has 22 heavy (non-hydrogen) atoms. The fraction of sp³-hybridized carbons (Fsp3) is 0.211. The van der Waals surface area contributed by atoms with Crippen molar-refractivity contribution in [3.63, 3.8) is 0 Å². The third-order valence-electron chi connectivity index (χ3n) is 3.64. The van der Waals surface area contributed by atoms with Crippen LogP contribution in [0, 0.1) is 0 Å². The molecule has 3 rings (SSSR count). The molecule has 0 saturated carbocycles. The summed E-state index contributed by atoms with van der Waals surface area (Å²) in [5.41, 5.74) is 1.05. The van der Waals surface area contributed by atoms with E-state index in [-0.39, 0.29) is 20.2 Å². The van der Waals surface area contributed by atoms with E-state index in [0.29, 0.717) is 0 Å². The number of hydrogen-bond donors (Lipinski definition) is 1. The summed E-state index contributed by atoms with van der Waals surface area (Å²) >= 11 is 0. The first-order chi connectivity index (χ1) is 10.6. The van der Waals surface area contributed by atoms with Gasteiger partial charge in [-0.05, 0) is 41.5 Å². The Bertz CT molecular complexity index is 776. The predicted octanol–water partition coefficient (Wildman–Crippen LogP) is 4.87. The zero-order valence-corrected chi connectivity index (χ0v) is 12.8. The maximum Gasteiger partial charge on any atom is 0.407 e. The molecule has 0 fully saturated rings. The largest absolute Gasteiger partial charge is 0.445 e. The summed E-state index contributed by atoms with van der Waals surface area (Å²) in [6.45, 7) is 4.09. The lowest BCUT2D eigenvalue weighted by Gasteiger charge is -2.13. The molecule has 114 valence electrons. The number of ether oxygens (including phenoxy) is 1. The number of amides is 1. The van der Waals surface area contributed by atoms with E-state index in [0.717, 1.165) is 27.1 Å². The molecule has 0 aromatic heterocycles. The fourth-order valence-electron chi connectivity index (χ4n) is 2.68. The van der Waals surface area contributed by atoms with Crippen LogP contribution >= 0.6 is 0 Å². The van der Waals surface area contributed by atoms with E-state index >= 15 is 0 Å². The number of alkyl carbamates (subject to hydrolysis) is 1. The van der Waals surface area contributed by atoms with Gasteiger partial charge in [-0.25, -0.2) is 4.79 Å². The first-order valence-electron chi connectivity index (χ1n) is 7.48. The average molecular weight is 295 g/mol. The van der Waals surface area contributed by atoms with Crippen LogP contribution in [0.15, 0.2) is 54.6 Å². The number of benzene rings is 3. The molecule has 0 aliphatic heterocycles. The smallest absolute Gasteiger partial charge is 0.407 e. The zero-order chi connectivity index (χ0) is 15.5. The Morgan fingerprint density at radius 2 is 1.59 bits per heavy atom. The molecular formula is C19H21NO2. The molecule has 0 radical (unpaired) electrons. The van der Waals surface area contributed by atoms with Crippen LogP contribution in [0.25, 0.3) is 21.5 Å². The van der Waals surface area contributed by atoms with Crippen LogP contribution in [0.4, 0.5) is 4.79 Å². The second kappa shape index (κ2) is 6.06. The maximum atomic E-state index is 11.8. The third kappa shape index (κ3) is 2.89. The molecule has 0 unspecified atom stereocenters. The van der Waals surface area contributed by atoms with Gasteiger partial charge in [-0.3, -0.25) is 0 Å². The average Bonchev–Trinajstić information content (AvgIpc) is 2.50. The van der Waals surface area contributed by atoms with Crippen LogP contribution < -0.4 is 5.32 Å². The van der Waals surface area contributed by atoms with Crippen LogP contribution in [-0.4, -0.2) is 12.1 Å². The number of nitrogens with one attached hydrogen (secondary N) is 1. The van der Waals surface area contributed by atoms with E-state index in [1.807, 2.05) is 38.1 Å². The van der Waals surface area contributed by atoms with E-state index in [1.165, 1.54) is 0 Å². The quantitative estimate of drug-likeness (QED) is 0.700. The van der Waals surface area contributed by atoms with Gasteiger partial charge in [-0.1, -0.05) is 48.5 Å². The Hall–Kier alpha value is -2.55. The van der Waals surface area contributed by atoms with Crippen molar-refractivity contribution >= 4 is 27.6 Å². The van der Waals surface area contributed by atoms with Gasteiger partial charge in [0.2, 0.25) is 0 Å². The van der Waals surface area contributed by atoms with E-state index in [4.69, 9.17) is 4.74 Å². The molecule has 3 heteroatoms. The van der Waals surface area contributed by atoms with Gasteiger partial charge >= 0.3 is 6.09 Å². The van der Waals surface area contributed by atoms with Crippen molar-refractivity contribution < 1.29 is 11.0 Å². The number of carbonyl (C=O) groups excluding carboxylic acids is 1. The minimum Gasteiger partial charge on any atom is -0.445 e. The minimum absolute atomic E-state index is 0. The standard InChI is InChI=1S/C19H19NO2.H2/c1-13(2)20-19(21)22-12-18-16-9-5-3-7-14(16)11-15-8-4-6-10-17(15)18;/h3-11,13H,12H2,1-2H3,(H,20,21);1H. The molecule has 0 saturated heterocycles. The molecule has 0 aliphatic carbocycles. The molecule has 3 aromatic rings. The Balaban J connectivity index is 0.00000192. The summed E-state index contributed by atoms with van der Waals surface area (Å²) in [4.78, 5) is 11.8. The predicted molar refractivity (Wildman–Crippen MR) is 92.0 cm³/mol. The first-order valence-corrected chi connectivity index (χ1v) is 7.48. The van der Waals surface area contributed by atoms with E-state index < -0.39 is 0 Å². The number of hydrogen-bond acceptors (Lipinski definition) is 2. The van der Waals surface area contributed by atoms with Gasteiger partial charge in [0.15, 0.2) is 0 Å². The van der Waals surface area contributed by atoms with Crippen LogP contribution in [0.2, 0.25) is 0 Å². The van der Waals surface area contributed by atoms with Crippen molar-refractivity contribution in [3.8, 4) is 0 Å². The number of rotatable bonds is 3. The van der Waals surface area contributed by atoms with Crippen molar-refractivity contribution in [2.75, 3.05) is 0 Å². The summed E-state index contributed by atoms with van der Waals surface area (Å²) in [6.07, 6.45) is -0.382. The van der Waals surface area contributed by atoms with Crippen molar-refractivity contribution in [1.29, 1.82) is 0 Å². The molecule has 0 heterocycles.